The van der Waals surface area contributed by atoms with Gasteiger partial charge in [-0.05, 0) is 41.0 Å². The first kappa shape index (κ1) is 23.0. The Balaban J connectivity index is 2.00. The lowest BCUT2D eigenvalue weighted by Gasteiger charge is -2.13. The molecule has 4 rings (SSSR count). The molecule has 0 unspecified atom stereocenters. The smallest absolute Gasteiger partial charge is 0.229 e. The molecule has 10 heteroatoms. The zero-order chi connectivity index (χ0) is 24.5. The Morgan fingerprint density at radius 1 is 1.29 bits per heavy atom. The van der Waals surface area contributed by atoms with Crippen LogP contribution in [0.2, 0.25) is 0 Å². The van der Waals surface area contributed by atoms with Crippen LogP contribution in [-0.2, 0) is 10.0 Å². The third-order valence-electron chi connectivity index (χ3n) is 5.15. The van der Waals surface area contributed by atoms with Crippen LogP contribution >= 0.6 is 0 Å². The fourth-order valence-corrected chi connectivity index (χ4v) is 4.25. The van der Waals surface area contributed by atoms with Crippen molar-refractivity contribution in [3.05, 3.63) is 77.4 Å². The Kier molecular flexibility index (Phi) is 6.08. The second-order valence-electron chi connectivity index (χ2n) is 7.52. The first-order valence-electron chi connectivity index (χ1n) is 10.1. The Morgan fingerprint density at radius 2 is 2.09 bits per heavy atom. The number of pyridine rings is 2. The predicted octanol–water partition coefficient (Wildman–Crippen LogP) is 2.33. The van der Waals surface area contributed by atoms with Crippen molar-refractivity contribution >= 4 is 44.6 Å². The third-order valence-corrected chi connectivity index (χ3v) is 5.74. The van der Waals surface area contributed by atoms with Crippen molar-refractivity contribution in [2.24, 2.45) is 5.73 Å². The number of allylic oxidation sites excluding steroid dienone is 1. The van der Waals surface area contributed by atoms with Crippen LogP contribution < -0.4 is 25.8 Å². The highest BCUT2D eigenvalue weighted by atomic mass is 32.2. The summed E-state index contributed by atoms with van der Waals surface area (Å²) in [6.07, 6.45) is 8.66. The van der Waals surface area contributed by atoms with Gasteiger partial charge in [0.1, 0.15) is 17.2 Å². The summed E-state index contributed by atoms with van der Waals surface area (Å²) in [4.78, 5) is 11.4. The van der Waals surface area contributed by atoms with Crippen LogP contribution in [0.5, 0.6) is 5.75 Å². The first-order chi connectivity index (χ1) is 16.2. The molecule has 0 radical (unpaired) electrons. The summed E-state index contributed by atoms with van der Waals surface area (Å²) in [5.74, 6) is -0.332. The van der Waals surface area contributed by atoms with Crippen LogP contribution in [0.25, 0.3) is 40.0 Å². The summed E-state index contributed by atoms with van der Waals surface area (Å²) in [6.45, 7) is 4.12. The predicted molar refractivity (Wildman–Crippen MR) is 132 cm³/mol. The minimum absolute atomic E-state index is 0.235. The van der Waals surface area contributed by atoms with E-state index >= 15 is 4.39 Å². The van der Waals surface area contributed by atoms with Crippen molar-refractivity contribution in [1.82, 2.24) is 15.0 Å². The number of hydrogen-bond acceptors (Lipinski definition) is 6. The van der Waals surface area contributed by atoms with Crippen molar-refractivity contribution in [2.45, 2.75) is 0 Å². The van der Waals surface area contributed by atoms with Gasteiger partial charge in [0.2, 0.25) is 10.0 Å². The van der Waals surface area contributed by atoms with Crippen LogP contribution in [0, 0.1) is 5.82 Å². The Labute approximate surface area is 195 Å². The van der Waals surface area contributed by atoms with Crippen molar-refractivity contribution in [2.75, 3.05) is 18.1 Å². The number of sulfonamides is 1. The van der Waals surface area contributed by atoms with Crippen LogP contribution in [0.15, 0.2) is 55.5 Å². The maximum atomic E-state index is 15.2. The molecule has 8 nitrogen and oxygen atoms in total. The van der Waals surface area contributed by atoms with E-state index in [2.05, 4.69) is 26.3 Å². The molecule has 0 amide bonds. The second kappa shape index (κ2) is 8.99. The largest absolute Gasteiger partial charge is 0.495 e. The molecule has 4 aromatic rings. The number of methoxy groups -OCH3 is 1. The number of nitrogens with one attached hydrogen (secondary N) is 2. The number of aromatic amines is 1. The van der Waals surface area contributed by atoms with Crippen molar-refractivity contribution in [1.29, 1.82) is 0 Å². The number of halogens is 1. The average molecular weight is 480 g/mol. The number of anilines is 1. The lowest BCUT2D eigenvalue weighted by Crippen LogP contribution is -2.24. The number of ether oxygens (including phenoxy) is 1. The Hall–Kier alpha value is -4.18. The van der Waals surface area contributed by atoms with Crippen molar-refractivity contribution < 1.29 is 17.5 Å². The number of nitrogens with two attached hydrogens (primary N) is 1. The first-order valence-corrected chi connectivity index (χ1v) is 12.0. The van der Waals surface area contributed by atoms with E-state index in [-0.39, 0.29) is 17.0 Å². The van der Waals surface area contributed by atoms with E-state index in [1.807, 2.05) is 6.07 Å². The molecule has 0 bridgehead atoms. The van der Waals surface area contributed by atoms with Crippen molar-refractivity contribution in [3.63, 3.8) is 0 Å². The molecule has 0 saturated heterocycles. The van der Waals surface area contributed by atoms with E-state index in [0.29, 0.717) is 32.7 Å². The van der Waals surface area contributed by atoms with Gasteiger partial charge in [0.05, 0.1) is 30.6 Å². The fourth-order valence-electron chi connectivity index (χ4n) is 3.68. The summed E-state index contributed by atoms with van der Waals surface area (Å²) in [5.41, 5.74) is 8.68. The number of H-pyrrole nitrogens is 1. The molecule has 0 spiro atoms. The van der Waals surface area contributed by atoms with Gasteiger partial charge >= 0.3 is 0 Å². The van der Waals surface area contributed by atoms with Gasteiger partial charge in [0.15, 0.2) is 0 Å². The van der Waals surface area contributed by atoms with Crippen molar-refractivity contribution in [3.8, 4) is 16.9 Å². The molecule has 1 aromatic carbocycles. The molecule has 0 fully saturated rings. The van der Waals surface area contributed by atoms with E-state index in [1.54, 1.807) is 36.7 Å². The maximum absolute atomic E-state index is 15.2. The van der Waals surface area contributed by atoms with Gasteiger partial charge in [0.25, 0.3) is 0 Å². The van der Waals surface area contributed by atoms with Crippen LogP contribution in [0.3, 0.4) is 0 Å². The summed E-state index contributed by atoms with van der Waals surface area (Å²) in [5, 5.41) is 1.64. The van der Waals surface area contributed by atoms with E-state index < -0.39 is 15.8 Å². The molecule has 34 heavy (non-hydrogen) atoms. The quantitative estimate of drug-likeness (QED) is 0.390. The van der Waals surface area contributed by atoms with E-state index in [0.717, 1.165) is 18.0 Å². The highest BCUT2D eigenvalue weighted by Gasteiger charge is 2.18. The van der Waals surface area contributed by atoms with E-state index in [4.69, 9.17) is 10.5 Å². The normalized spacial score (nSPS) is 12.8. The number of nitrogens with zero attached hydrogens (tertiary/aromatic N) is 2. The number of aromatic nitrogens is 3. The zero-order valence-corrected chi connectivity index (χ0v) is 19.3. The minimum atomic E-state index is -3.53. The van der Waals surface area contributed by atoms with Crippen LogP contribution in [-0.4, -0.2) is 36.7 Å². The highest BCUT2D eigenvalue weighted by Crippen LogP contribution is 2.34. The van der Waals surface area contributed by atoms with Gasteiger partial charge < -0.3 is 15.5 Å². The molecule has 0 aliphatic carbocycles. The number of hydrogen-bond donors (Lipinski definition) is 3. The van der Waals surface area contributed by atoms with Gasteiger partial charge in [-0.25, -0.2) is 17.8 Å². The standard InChI is InChI=1S/C24H22FN5O3S/c1-14(16-5-4-8-27-12-16)9-17-20(11-26)29-24-23(17)22(18(25)13-28-24)15-6-7-19(21(10-15)33-2)30-34(3,31)32/h4-13,30H,1,26H2,2-3H3,(H,28,29)/b17-9+,20-11+. The lowest BCUT2D eigenvalue weighted by molar-refractivity contribution is 0.417. The Bertz CT molecular complexity index is 1630. The summed E-state index contributed by atoms with van der Waals surface area (Å²) >= 11 is 0. The molecule has 0 saturated carbocycles. The molecule has 4 N–H and O–H groups in total. The van der Waals surface area contributed by atoms with Gasteiger partial charge in [-0.3, -0.25) is 9.71 Å². The second-order valence-corrected chi connectivity index (χ2v) is 9.27. The average Bonchev–Trinajstić information content (AvgIpc) is 3.16. The molecule has 0 aliphatic heterocycles. The molecule has 0 aliphatic rings. The summed E-state index contributed by atoms with van der Waals surface area (Å²) in [6, 6.07) is 8.34. The van der Waals surface area contributed by atoms with Gasteiger partial charge in [-0.2, -0.15) is 0 Å². The van der Waals surface area contributed by atoms with Gasteiger partial charge in [-0.1, -0.05) is 18.7 Å². The topological polar surface area (TPSA) is 123 Å². The molecular weight excluding hydrogens is 457 g/mol. The van der Waals surface area contributed by atoms with Gasteiger partial charge in [-0.15, -0.1) is 0 Å². The molecule has 3 aromatic heterocycles. The lowest BCUT2D eigenvalue weighted by atomic mass is 10.00. The number of rotatable bonds is 6. The van der Waals surface area contributed by atoms with Crippen LogP contribution in [0.4, 0.5) is 10.1 Å². The summed E-state index contributed by atoms with van der Waals surface area (Å²) in [7, 11) is -2.13. The van der Waals surface area contributed by atoms with Gasteiger partial charge in [0, 0.05) is 34.8 Å². The minimum Gasteiger partial charge on any atom is -0.495 e. The fraction of sp³-hybridized carbons (Fsp3) is 0.0833. The molecular formula is C24H22FN5O3S. The number of fused-ring (bicyclic) bond motifs is 1. The van der Waals surface area contributed by atoms with E-state index in [1.165, 1.54) is 19.4 Å². The molecule has 3 heterocycles. The summed E-state index contributed by atoms with van der Waals surface area (Å²) < 4.78 is 46.4. The van der Waals surface area contributed by atoms with E-state index in [9.17, 15) is 8.42 Å². The third kappa shape index (κ3) is 4.48. The monoisotopic (exact) mass is 479 g/mol. The van der Waals surface area contributed by atoms with Crippen LogP contribution in [0.1, 0.15) is 5.56 Å². The SMILES string of the molecule is C=C(/C=c1\c(=C/N)[nH]c2ncc(F)c(-c3ccc(NS(C)(=O)=O)c(OC)c3)c12)c1cccnc1. The molecule has 0 atom stereocenters. The highest BCUT2D eigenvalue weighted by molar-refractivity contribution is 7.92. The number of benzene rings is 1. The zero-order valence-electron chi connectivity index (χ0n) is 18.5. The Morgan fingerprint density at radius 3 is 2.74 bits per heavy atom. The molecule has 174 valence electrons. The maximum Gasteiger partial charge on any atom is 0.229 e.